The molecule has 0 radical (unpaired) electrons. The molecule has 20 heavy (non-hydrogen) atoms. The van der Waals surface area contributed by atoms with Gasteiger partial charge in [0.1, 0.15) is 0 Å². The molecule has 1 aliphatic rings. The molecule has 0 spiro atoms. The Hall–Kier alpha value is -2.14. The van der Waals surface area contributed by atoms with E-state index in [9.17, 15) is 9.59 Å². The van der Waals surface area contributed by atoms with Gasteiger partial charge < -0.3 is 5.32 Å². The number of nitrogens with zero attached hydrogens (tertiary/aromatic N) is 1. The Morgan fingerprint density at radius 2 is 1.90 bits per heavy atom. The van der Waals surface area contributed by atoms with Crippen molar-refractivity contribution in [3.63, 3.8) is 0 Å². The number of piperidine rings is 1. The number of aromatic amines is 1. The summed E-state index contributed by atoms with van der Waals surface area (Å²) in [7, 11) is 0. The number of benzene rings is 1. The summed E-state index contributed by atoms with van der Waals surface area (Å²) in [5, 5.41) is 3.35. The summed E-state index contributed by atoms with van der Waals surface area (Å²) in [6.45, 7) is 2.07. The summed E-state index contributed by atoms with van der Waals surface area (Å²) >= 11 is 0. The number of aromatic nitrogens is 2. The van der Waals surface area contributed by atoms with Gasteiger partial charge in [0.05, 0.1) is 5.69 Å². The molecule has 5 heteroatoms. The van der Waals surface area contributed by atoms with Gasteiger partial charge in [0, 0.05) is 12.3 Å². The molecule has 2 aromatic rings. The molecule has 1 aliphatic heterocycles. The highest BCUT2D eigenvalue weighted by Gasteiger charge is 2.15. The number of rotatable bonds is 2. The van der Waals surface area contributed by atoms with E-state index in [1.54, 1.807) is 0 Å². The van der Waals surface area contributed by atoms with Crippen molar-refractivity contribution in [1.29, 1.82) is 0 Å². The van der Waals surface area contributed by atoms with Gasteiger partial charge >= 0.3 is 5.69 Å². The van der Waals surface area contributed by atoms with E-state index in [0.717, 1.165) is 31.6 Å². The van der Waals surface area contributed by atoms with E-state index in [2.05, 4.69) is 16.4 Å². The molecule has 1 saturated heterocycles. The molecule has 2 N–H and O–H groups in total. The zero-order valence-corrected chi connectivity index (χ0v) is 11.1. The third kappa shape index (κ3) is 2.58. The maximum Gasteiger partial charge on any atom is 0.332 e. The minimum absolute atomic E-state index is 0.374. The Kier molecular flexibility index (Phi) is 3.52. The van der Waals surface area contributed by atoms with Gasteiger partial charge in [-0.25, -0.2) is 4.79 Å². The van der Waals surface area contributed by atoms with Gasteiger partial charge in [0.15, 0.2) is 0 Å². The summed E-state index contributed by atoms with van der Waals surface area (Å²) < 4.78 is 1.46. The predicted molar refractivity (Wildman–Crippen MR) is 77.5 cm³/mol. The lowest BCUT2D eigenvalue weighted by molar-refractivity contribution is 0.460. The number of hydrogen-bond acceptors (Lipinski definition) is 3. The van der Waals surface area contributed by atoms with E-state index in [-0.39, 0.29) is 5.56 Å². The second-order valence-electron chi connectivity index (χ2n) is 5.10. The molecule has 2 heterocycles. The van der Waals surface area contributed by atoms with Crippen LogP contribution in [0.3, 0.4) is 0 Å². The lowest BCUT2D eigenvalue weighted by atomic mass is 9.90. The van der Waals surface area contributed by atoms with Crippen molar-refractivity contribution >= 4 is 0 Å². The normalized spacial score (nSPS) is 16.2. The maximum absolute atomic E-state index is 11.8. The molecule has 0 bridgehead atoms. The van der Waals surface area contributed by atoms with Gasteiger partial charge in [0.25, 0.3) is 5.56 Å². The quantitative estimate of drug-likeness (QED) is 0.856. The smallest absolute Gasteiger partial charge is 0.317 e. The topological polar surface area (TPSA) is 66.9 Å². The lowest BCUT2D eigenvalue weighted by Crippen LogP contribution is -2.28. The molecule has 1 aromatic heterocycles. The van der Waals surface area contributed by atoms with Crippen LogP contribution in [0.15, 0.2) is 46.1 Å². The molecule has 0 unspecified atom stereocenters. The van der Waals surface area contributed by atoms with Crippen LogP contribution in [-0.2, 0) is 0 Å². The van der Waals surface area contributed by atoms with Crippen molar-refractivity contribution in [2.45, 2.75) is 18.8 Å². The number of nitrogens with one attached hydrogen (secondary N) is 2. The van der Waals surface area contributed by atoms with E-state index in [4.69, 9.17) is 0 Å². The van der Waals surface area contributed by atoms with E-state index in [1.807, 2.05) is 18.2 Å². The van der Waals surface area contributed by atoms with Gasteiger partial charge in [-0.15, -0.1) is 0 Å². The lowest BCUT2D eigenvalue weighted by Gasteiger charge is -2.23. The first-order valence-electron chi connectivity index (χ1n) is 6.87. The highest BCUT2D eigenvalue weighted by Crippen LogP contribution is 2.26. The van der Waals surface area contributed by atoms with Gasteiger partial charge in [-0.3, -0.25) is 14.3 Å². The fourth-order valence-corrected chi connectivity index (χ4v) is 2.70. The summed E-state index contributed by atoms with van der Waals surface area (Å²) in [6.07, 6.45) is 3.75. The van der Waals surface area contributed by atoms with Crippen molar-refractivity contribution in [2.75, 3.05) is 13.1 Å². The number of hydrogen-bond donors (Lipinski definition) is 2. The average molecular weight is 271 g/mol. The van der Waals surface area contributed by atoms with Crippen LogP contribution in [0.25, 0.3) is 5.69 Å². The van der Waals surface area contributed by atoms with Crippen LogP contribution in [0.5, 0.6) is 0 Å². The van der Waals surface area contributed by atoms with Crippen molar-refractivity contribution in [2.24, 2.45) is 0 Å². The Labute approximate surface area is 116 Å². The SMILES string of the molecule is O=c1ccn(-c2cccc(C3CCNCC3)c2)c(=O)[nH]1. The fraction of sp³-hybridized carbons (Fsp3) is 0.333. The van der Waals surface area contributed by atoms with Crippen molar-refractivity contribution < 1.29 is 0 Å². The first-order valence-corrected chi connectivity index (χ1v) is 6.87. The first kappa shape index (κ1) is 12.9. The molecule has 1 aromatic carbocycles. The van der Waals surface area contributed by atoms with Crippen LogP contribution in [0.1, 0.15) is 24.3 Å². The van der Waals surface area contributed by atoms with Crippen LogP contribution < -0.4 is 16.6 Å². The first-order chi connectivity index (χ1) is 9.74. The predicted octanol–water partition coefficient (Wildman–Crippen LogP) is 0.993. The summed E-state index contributed by atoms with van der Waals surface area (Å²) in [6, 6.07) is 9.35. The van der Waals surface area contributed by atoms with Gasteiger partial charge in [0.2, 0.25) is 0 Å². The molecule has 5 nitrogen and oxygen atoms in total. The molecule has 0 aliphatic carbocycles. The second-order valence-corrected chi connectivity index (χ2v) is 5.10. The van der Waals surface area contributed by atoms with Crippen molar-refractivity contribution in [3.8, 4) is 5.69 Å². The van der Waals surface area contributed by atoms with E-state index in [0.29, 0.717) is 5.92 Å². The molecule has 1 fully saturated rings. The monoisotopic (exact) mass is 271 g/mol. The minimum atomic E-state index is -0.403. The molecule has 104 valence electrons. The Bertz CT molecular complexity index is 711. The minimum Gasteiger partial charge on any atom is -0.317 e. The van der Waals surface area contributed by atoms with Crippen LogP contribution in [0.2, 0.25) is 0 Å². The van der Waals surface area contributed by atoms with Crippen molar-refractivity contribution in [1.82, 2.24) is 14.9 Å². The molecule has 0 amide bonds. The largest absolute Gasteiger partial charge is 0.332 e. The zero-order chi connectivity index (χ0) is 13.9. The standard InChI is InChI=1S/C15H17N3O2/c19-14-6-9-18(15(20)17-14)13-3-1-2-12(10-13)11-4-7-16-8-5-11/h1-3,6,9-11,16H,4-5,7-8H2,(H,17,19,20). The van der Waals surface area contributed by atoms with Crippen LogP contribution in [0.4, 0.5) is 0 Å². The molecular weight excluding hydrogens is 254 g/mol. The van der Waals surface area contributed by atoms with Gasteiger partial charge in [-0.1, -0.05) is 12.1 Å². The summed E-state index contributed by atoms with van der Waals surface area (Å²) in [4.78, 5) is 25.2. The Morgan fingerprint density at radius 1 is 1.10 bits per heavy atom. The van der Waals surface area contributed by atoms with E-state index < -0.39 is 5.69 Å². The van der Waals surface area contributed by atoms with E-state index >= 15 is 0 Å². The summed E-state index contributed by atoms with van der Waals surface area (Å²) in [5.41, 5.74) is 1.27. The van der Waals surface area contributed by atoms with Gasteiger partial charge in [-0.2, -0.15) is 0 Å². The Morgan fingerprint density at radius 3 is 2.65 bits per heavy atom. The zero-order valence-electron chi connectivity index (χ0n) is 11.1. The Balaban J connectivity index is 1.98. The van der Waals surface area contributed by atoms with Crippen LogP contribution in [0, 0.1) is 0 Å². The van der Waals surface area contributed by atoms with Gasteiger partial charge in [-0.05, 0) is 49.5 Å². The van der Waals surface area contributed by atoms with E-state index in [1.165, 1.54) is 22.4 Å². The molecule has 0 atom stereocenters. The summed E-state index contributed by atoms with van der Waals surface area (Å²) in [5.74, 6) is 0.537. The maximum atomic E-state index is 11.8. The number of H-pyrrole nitrogens is 1. The highest BCUT2D eigenvalue weighted by molar-refractivity contribution is 5.37. The third-order valence-electron chi connectivity index (χ3n) is 3.78. The third-order valence-corrected chi connectivity index (χ3v) is 3.78. The molecular formula is C15H17N3O2. The van der Waals surface area contributed by atoms with Crippen molar-refractivity contribution in [3.05, 3.63) is 62.9 Å². The average Bonchev–Trinajstić information content (AvgIpc) is 2.48. The second kappa shape index (κ2) is 5.46. The van der Waals surface area contributed by atoms with Crippen LogP contribution in [-0.4, -0.2) is 22.6 Å². The molecule has 3 rings (SSSR count). The van der Waals surface area contributed by atoms with Crippen LogP contribution >= 0.6 is 0 Å². The highest BCUT2D eigenvalue weighted by atomic mass is 16.2. The molecule has 0 saturated carbocycles. The fourth-order valence-electron chi connectivity index (χ4n) is 2.70.